The van der Waals surface area contributed by atoms with Gasteiger partial charge in [-0.15, -0.1) is 0 Å². The Bertz CT molecular complexity index is 1020. The number of fused-ring (bicyclic) bond motifs is 1. The van der Waals surface area contributed by atoms with E-state index in [2.05, 4.69) is 27.1 Å². The third-order valence-corrected chi connectivity index (χ3v) is 4.09. The summed E-state index contributed by atoms with van der Waals surface area (Å²) in [6.45, 7) is 0. The average molecular weight is 320 g/mol. The number of pyridine rings is 1. The number of rotatable bonds is 3. The lowest BCUT2D eigenvalue weighted by Crippen LogP contribution is -1.97. The molecule has 6 nitrogen and oxygen atoms in total. The first-order chi connectivity index (χ1) is 11.6. The number of nitrogens with one attached hydrogen (secondary N) is 1. The van der Waals surface area contributed by atoms with Crippen molar-refractivity contribution in [1.29, 1.82) is 0 Å². The number of aliphatic hydroxyl groups is 2. The molecule has 24 heavy (non-hydrogen) atoms. The Labute approximate surface area is 138 Å². The van der Waals surface area contributed by atoms with E-state index in [-0.39, 0.29) is 0 Å². The van der Waals surface area contributed by atoms with Crippen molar-refractivity contribution in [3.8, 4) is 22.6 Å². The number of H-pyrrole nitrogens is 1. The fourth-order valence-electron chi connectivity index (χ4n) is 2.89. The van der Waals surface area contributed by atoms with Gasteiger partial charge >= 0.3 is 0 Å². The molecular formula is C18H16N4O2. The number of aliphatic hydroxyl groups excluding tert-OH is 1. The quantitative estimate of drug-likeness (QED) is 0.506. The molecule has 0 aliphatic carbocycles. The highest BCUT2D eigenvalue weighted by molar-refractivity contribution is 5.87. The molecule has 0 amide bonds. The standard InChI is InChI=1S/C18H16N4O2/c1-22-10-21-16(15-9-13(18(23)24)5-7-20-15)17(22)12-3-2-11-4-6-19-14(11)8-12/h2-10,18-19,23-24H,1H3. The first-order valence-electron chi connectivity index (χ1n) is 7.55. The zero-order valence-corrected chi connectivity index (χ0v) is 13.0. The minimum atomic E-state index is -1.53. The Morgan fingerprint density at radius 3 is 2.79 bits per heavy atom. The van der Waals surface area contributed by atoms with E-state index in [0.29, 0.717) is 17.0 Å². The van der Waals surface area contributed by atoms with Crippen molar-refractivity contribution in [2.24, 2.45) is 7.05 Å². The maximum atomic E-state index is 9.38. The summed E-state index contributed by atoms with van der Waals surface area (Å²) in [4.78, 5) is 12.0. The first-order valence-corrected chi connectivity index (χ1v) is 7.55. The smallest absolute Gasteiger partial charge is 0.178 e. The molecule has 4 rings (SSSR count). The topological polar surface area (TPSA) is 87.0 Å². The van der Waals surface area contributed by atoms with Crippen LogP contribution in [-0.2, 0) is 7.05 Å². The van der Waals surface area contributed by atoms with E-state index >= 15 is 0 Å². The van der Waals surface area contributed by atoms with E-state index < -0.39 is 6.29 Å². The zero-order valence-electron chi connectivity index (χ0n) is 13.0. The Balaban J connectivity index is 1.88. The van der Waals surface area contributed by atoms with Gasteiger partial charge in [0.25, 0.3) is 0 Å². The van der Waals surface area contributed by atoms with Crippen LogP contribution in [0, 0.1) is 0 Å². The highest BCUT2D eigenvalue weighted by atomic mass is 16.5. The lowest BCUT2D eigenvalue weighted by molar-refractivity contribution is -0.0425. The Morgan fingerprint density at radius 1 is 1.08 bits per heavy atom. The molecule has 3 aromatic heterocycles. The molecule has 6 heteroatoms. The number of hydrogen-bond donors (Lipinski definition) is 3. The molecule has 3 heterocycles. The number of aromatic nitrogens is 4. The summed E-state index contributed by atoms with van der Waals surface area (Å²) >= 11 is 0. The van der Waals surface area contributed by atoms with Crippen molar-refractivity contribution in [3.05, 3.63) is 60.7 Å². The minimum Gasteiger partial charge on any atom is -0.364 e. The van der Waals surface area contributed by atoms with E-state index in [9.17, 15) is 10.2 Å². The van der Waals surface area contributed by atoms with Crippen LogP contribution < -0.4 is 0 Å². The van der Waals surface area contributed by atoms with Gasteiger partial charge in [0.05, 0.1) is 17.7 Å². The predicted molar refractivity (Wildman–Crippen MR) is 90.9 cm³/mol. The maximum absolute atomic E-state index is 9.38. The molecule has 0 bridgehead atoms. The molecule has 0 saturated carbocycles. The van der Waals surface area contributed by atoms with Crippen LogP contribution in [0.15, 0.2) is 55.1 Å². The lowest BCUT2D eigenvalue weighted by atomic mass is 10.1. The van der Waals surface area contributed by atoms with E-state index in [1.807, 2.05) is 29.9 Å². The zero-order chi connectivity index (χ0) is 16.7. The van der Waals surface area contributed by atoms with Crippen LogP contribution in [0.1, 0.15) is 11.9 Å². The maximum Gasteiger partial charge on any atom is 0.178 e. The largest absolute Gasteiger partial charge is 0.364 e. The fourth-order valence-corrected chi connectivity index (χ4v) is 2.89. The second kappa shape index (κ2) is 5.59. The van der Waals surface area contributed by atoms with Gasteiger partial charge in [-0.2, -0.15) is 0 Å². The molecular weight excluding hydrogens is 304 g/mol. The Hall–Kier alpha value is -2.96. The van der Waals surface area contributed by atoms with Crippen molar-refractivity contribution in [3.63, 3.8) is 0 Å². The number of nitrogens with zero attached hydrogens (tertiary/aromatic N) is 3. The monoisotopic (exact) mass is 320 g/mol. The van der Waals surface area contributed by atoms with Crippen molar-refractivity contribution in [2.45, 2.75) is 6.29 Å². The summed E-state index contributed by atoms with van der Waals surface area (Å²) in [5, 5.41) is 19.9. The van der Waals surface area contributed by atoms with Gasteiger partial charge in [0.1, 0.15) is 5.69 Å². The van der Waals surface area contributed by atoms with Crippen LogP contribution in [0.4, 0.5) is 0 Å². The second-order valence-corrected chi connectivity index (χ2v) is 5.68. The number of aryl methyl sites for hydroxylation is 1. The van der Waals surface area contributed by atoms with Gasteiger partial charge in [-0.3, -0.25) is 4.98 Å². The van der Waals surface area contributed by atoms with Crippen molar-refractivity contribution < 1.29 is 10.2 Å². The van der Waals surface area contributed by atoms with Gasteiger partial charge in [0, 0.05) is 36.1 Å². The summed E-state index contributed by atoms with van der Waals surface area (Å²) in [5.74, 6) is 0. The lowest BCUT2D eigenvalue weighted by Gasteiger charge is -2.09. The summed E-state index contributed by atoms with van der Waals surface area (Å²) < 4.78 is 1.93. The molecule has 3 N–H and O–H groups in total. The third kappa shape index (κ3) is 2.38. The molecule has 0 saturated heterocycles. The van der Waals surface area contributed by atoms with E-state index in [4.69, 9.17) is 0 Å². The second-order valence-electron chi connectivity index (χ2n) is 5.68. The summed E-state index contributed by atoms with van der Waals surface area (Å²) in [7, 11) is 1.93. The molecule has 0 aliphatic rings. The highest BCUT2D eigenvalue weighted by Gasteiger charge is 2.16. The molecule has 0 aliphatic heterocycles. The molecule has 0 spiro atoms. The number of aromatic amines is 1. The normalized spacial score (nSPS) is 11.5. The molecule has 4 aromatic rings. The molecule has 120 valence electrons. The van der Waals surface area contributed by atoms with Crippen molar-refractivity contribution in [1.82, 2.24) is 19.5 Å². The van der Waals surface area contributed by atoms with Crippen LogP contribution in [0.2, 0.25) is 0 Å². The molecule has 0 atom stereocenters. The van der Waals surface area contributed by atoms with Crippen LogP contribution in [0.3, 0.4) is 0 Å². The van der Waals surface area contributed by atoms with Crippen LogP contribution >= 0.6 is 0 Å². The molecule has 0 radical (unpaired) electrons. The number of benzene rings is 1. The van der Waals surface area contributed by atoms with Gasteiger partial charge in [0.15, 0.2) is 6.29 Å². The van der Waals surface area contributed by atoms with Crippen LogP contribution in [0.5, 0.6) is 0 Å². The number of hydrogen-bond acceptors (Lipinski definition) is 4. The molecule has 0 unspecified atom stereocenters. The predicted octanol–water partition coefficient (Wildman–Crippen LogP) is 2.61. The van der Waals surface area contributed by atoms with Crippen molar-refractivity contribution >= 4 is 10.9 Å². The van der Waals surface area contributed by atoms with Gasteiger partial charge in [0.2, 0.25) is 0 Å². The Morgan fingerprint density at radius 2 is 1.96 bits per heavy atom. The van der Waals surface area contributed by atoms with Gasteiger partial charge in [-0.1, -0.05) is 12.1 Å². The van der Waals surface area contributed by atoms with E-state index in [1.54, 1.807) is 24.7 Å². The van der Waals surface area contributed by atoms with E-state index in [0.717, 1.165) is 22.2 Å². The van der Waals surface area contributed by atoms with Gasteiger partial charge in [-0.05, 0) is 29.7 Å². The molecule has 1 aromatic carbocycles. The summed E-state index contributed by atoms with van der Waals surface area (Å²) in [6, 6.07) is 11.4. The average Bonchev–Trinajstić information content (AvgIpc) is 3.20. The number of imidazole rings is 1. The summed E-state index contributed by atoms with van der Waals surface area (Å²) in [5.41, 5.74) is 4.66. The first kappa shape index (κ1) is 14.6. The van der Waals surface area contributed by atoms with Gasteiger partial charge in [-0.25, -0.2) is 4.98 Å². The minimum absolute atomic E-state index is 0.386. The summed E-state index contributed by atoms with van der Waals surface area (Å²) in [6.07, 6.45) is 3.66. The van der Waals surface area contributed by atoms with Gasteiger partial charge < -0.3 is 19.8 Å². The third-order valence-electron chi connectivity index (χ3n) is 4.09. The van der Waals surface area contributed by atoms with Crippen molar-refractivity contribution in [2.75, 3.05) is 0 Å². The molecule has 0 fully saturated rings. The SMILES string of the molecule is Cn1cnc(-c2cc(C(O)O)ccn2)c1-c1ccc2cc[nH]c2c1. The fraction of sp³-hybridized carbons (Fsp3) is 0.111. The Kier molecular flexibility index (Phi) is 3.41. The highest BCUT2D eigenvalue weighted by Crippen LogP contribution is 2.32. The van der Waals surface area contributed by atoms with E-state index in [1.165, 1.54) is 0 Å². The van der Waals surface area contributed by atoms with Crippen LogP contribution in [-0.4, -0.2) is 29.7 Å². The van der Waals surface area contributed by atoms with Crippen LogP contribution in [0.25, 0.3) is 33.5 Å².